The van der Waals surface area contributed by atoms with E-state index in [1.807, 2.05) is 0 Å². The highest BCUT2D eigenvalue weighted by atomic mass is 79.9. The van der Waals surface area contributed by atoms with Crippen molar-refractivity contribution in [2.75, 3.05) is 0 Å². The summed E-state index contributed by atoms with van der Waals surface area (Å²) in [6.07, 6.45) is -1.60. The van der Waals surface area contributed by atoms with Crippen molar-refractivity contribution in [2.24, 2.45) is 0 Å². The molecule has 1 N–H and O–H groups in total. The van der Waals surface area contributed by atoms with Crippen LogP contribution in [0.4, 0.5) is 8.78 Å². The second-order valence-electron chi connectivity index (χ2n) is 2.91. The molecule has 0 aromatic carbocycles. The lowest BCUT2D eigenvalue weighted by Crippen LogP contribution is -2.31. The van der Waals surface area contributed by atoms with Gasteiger partial charge in [-0.1, -0.05) is 0 Å². The maximum absolute atomic E-state index is 12.6. The number of hydrogen-bond acceptors (Lipinski definition) is 2. The topological polar surface area (TPSA) is 20.2 Å². The SMILES string of the molecule is CC(F)(F)C(O)Cc1cc(Br)cs1. The number of aliphatic hydroxyl groups excluding tert-OH is 1. The summed E-state index contributed by atoms with van der Waals surface area (Å²) in [6, 6.07) is 1.74. The van der Waals surface area contributed by atoms with Crippen LogP contribution in [0.5, 0.6) is 0 Å². The largest absolute Gasteiger partial charge is 0.386 e. The van der Waals surface area contributed by atoms with Crippen LogP contribution in [0.25, 0.3) is 0 Å². The minimum absolute atomic E-state index is 0.000231. The third kappa shape index (κ3) is 3.32. The lowest BCUT2D eigenvalue weighted by molar-refractivity contribution is -0.0918. The Morgan fingerprint density at radius 3 is 2.69 bits per heavy atom. The van der Waals surface area contributed by atoms with E-state index in [4.69, 9.17) is 5.11 Å². The van der Waals surface area contributed by atoms with Crippen molar-refractivity contribution >= 4 is 27.3 Å². The smallest absolute Gasteiger partial charge is 0.271 e. The molecule has 13 heavy (non-hydrogen) atoms. The minimum Gasteiger partial charge on any atom is -0.386 e. The van der Waals surface area contributed by atoms with Gasteiger partial charge in [-0.05, 0) is 22.0 Å². The van der Waals surface area contributed by atoms with E-state index in [1.54, 1.807) is 11.4 Å². The van der Waals surface area contributed by atoms with Crippen LogP contribution >= 0.6 is 27.3 Å². The molecular formula is C8H9BrF2OS. The Bertz CT molecular complexity index is 282. The Morgan fingerprint density at radius 1 is 1.69 bits per heavy atom. The van der Waals surface area contributed by atoms with Gasteiger partial charge in [0.15, 0.2) is 0 Å². The fourth-order valence-electron chi connectivity index (χ4n) is 0.831. The molecule has 1 atom stereocenters. The number of thiophene rings is 1. The molecule has 0 radical (unpaired) electrons. The molecule has 0 aliphatic rings. The zero-order chi connectivity index (χ0) is 10.1. The zero-order valence-electron chi connectivity index (χ0n) is 6.93. The summed E-state index contributed by atoms with van der Waals surface area (Å²) in [7, 11) is 0. The highest BCUT2D eigenvalue weighted by Gasteiger charge is 2.32. The van der Waals surface area contributed by atoms with E-state index in [9.17, 15) is 8.78 Å². The number of rotatable bonds is 3. The summed E-state index contributed by atoms with van der Waals surface area (Å²) in [5.74, 6) is -3.03. The molecule has 1 aromatic rings. The van der Waals surface area contributed by atoms with Crippen LogP contribution in [-0.2, 0) is 6.42 Å². The van der Waals surface area contributed by atoms with Crippen LogP contribution in [0.15, 0.2) is 15.9 Å². The monoisotopic (exact) mass is 270 g/mol. The highest BCUT2D eigenvalue weighted by Crippen LogP contribution is 2.25. The Morgan fingerprint density at radius 2 is 2.31 bits per heavy atom. The minimum atomic E-state index is -3.03. The fraction of sp³-hybridized carbons (Fsp3) is 0.500. The first-order valence-corrected chi connectivity index (χ1v) is 5.35. The van der Waals surface area contributed by atoms with Crippen LogP contribution < -0.4 is 0 Å². The van der Waals surface area contributed by atoms with E-state index < -0.39 is 12.0 Å². The molecule has 1 rings (SSSR count). The van der Waals surface area contributed by atoms with E-state index >= 15 is 0 Å². The van der Waals surface area contributed by atoms with Gasteiger partial charge in [0.2, 0.25) is 0 Å². The molecule has 1 nitrogen and oxygen atoms in total. The Labute approximate surface area is 87.5 Å². The van der Waals surface area contributed by atoms with Crippen LogP contribution in [0, 0.1) is 0 Å². The summed E-state index contributed by atoms with van der Waals surface area (Å²) < 4.78 is 26.0. The molecule has 0 amide bonds. The number of aliphatic hydroxyl groups is 1. The predicted molar refractivity (Wildman–Crippen MR) is 52.4 cm³/mol. The molecule has 0 aliphatic carbocycles. The number of halogens is 3. The van der Waals surface area contributed by atoms with Gasteiger partial charge < -0.3 is 5.11 Å². The van der Waals surface area contributed by atoms with E-state index in [0.717, 1.165) is 16.3 Å². The first kappa shape index (κ1) is 11.1. The van der Waals surface area contributed by atoms with Gasteiger partial charge in [0, 0.05) is 28.1 Å². The van der Waals surface area contributed by atoms with E-state index in [-0.39, 0.29) is 6.42 Å². The molecular weight excluding hydrogens is 262 g/mol. The van der Waals surface area contributed by atoms with Gasteiger partial charge in [0.25, 0.3) is 5.92 Å². The molecule has 0 aliphatic heterocycles. The lowest BCUT2D eigenvalue weighted by atomic mass is 10.1. The van der Waals surface area contributed by atoms with Gasteiger partial charge >= 0.3 is 0 Å². The van der Waals surface area contributed by atoms with Gasteiger partial charge in [-0.15, -0.1) is 11.3 Å². The first-order valence-electron chi connectivity index (χ1n) is 3.68. The van der Waals surface area contributed by atoms with Crippen LogP contribution in [0.2, 0.25) is 0 Å². The average Bonchev–Trinajstić information content (AvgIpc) is 2.33. The molecule has 1 heterocycles. The van der Waals surface area contributed by atoms with Crippen molar-refractivity contribution in [3.8, 4) is 0 Å². The quantitative estimate of drug-likeness (QED) is 0.895. The molecule has 5 heteroatoms. The average molecular weight is 271 g/mol. The van der Waals surface area contributed by atoms with E-state index in [1.165, 1.54) is 11.3 Å². The summed E-state index contributed by atoms with van der Waals surface area (Å²) in [5, 5.41) is 10.9. The highest BCUT2D eigenvalue weighted by molar-refractivity contribution is 9.10. The molecule has 0 fully saturated rings. The predicted octanol–water partition coefficient (Wildman–Crippen LogP) is 3.07. The Hall–Kier alpha value is -0.0000000000000000833. The van der Waals surface area contributed by atoms with Gasteiger partial charge in [-0.2, -0.15) is 0 Å². The summed E-state index contributed by atoms with van der Waals surface area (Å²) in [6.45, 7) is 0.723. The van der Waals surface area contributed by atoms with Crippen LogP contribution in [-0.4, -0.2) is 17.1 Å². The van der Waals surface area contributed by atoms with Gasteiger partial charge in [-0.25, -0.2) is 8.78 Å². The normalized spacial score (nSPS) is 14.5. The molecule has 1 aromatic heterocycles. The zero-order valence-corrected chi connectivity index (χ0v) is 9.33. The van der Waals surface area contributed by atoms with Crippen molar-refractivity contribution in [1.29, 1.82) is 0 Å². The van der Waals surface area contributed by atoms with Gasteiger partial charge in [-0.3, -0.25) is 0 Å². The molecule has 0 bridgehead atoms. The fourth-order valence-corrected chi connectivity index (χ4v) is 2.32. The molecule has 74 valence electrons. The first-order chi connectivity index (χ1) is 5.89. The molecule has 0 spiro atoms. The molecule has 1 unspecified atom stereocenters. The standard InChI is InChI=1S/C8H9BrF2OS/c1-8(10,11)7(12)3-6-2-5(9)4-13-6/h2,4,7,12H,3H2,1H3. The number of alkyl halides is 2. The lowest BCUT2D eigenvalue weighted by Gasteiger charge is -2.16. The number of hydrogen-bond donors (Lipinski definition) is 1. The van der Waals surface area contributed by atoms with Gasteiger partial charge in [0.1, 0.15) is 6.10 Å². The Balaban J connectivity index is 2.60. The maximum atomic E-state index is 12.6. The summed E-state index contributed by atoms with van der Waals surface area (Å²) >= 11 is 4.57. The second kappa shape index (κ2) is 4.02. The third-order valence-electron chi connectivity index (χ3n) is 1.60. The summed E-state index contributed by atoms with van der Waals surface area (Å²) in [5.41, 5.74) is 0. The second-order valence-corrected chi connectivity index (χ2v) is 4.82. The third-order valence-corrected chi connectivity index (χ3v) is 3.32. The van der Waals surface area contributed by atoms with E-state index in [0.29, 0.717) is 0 Å². The van der Waals surface area contributed by atoms with E-state index in [2.05, 4.69) is 15.9 Å². The van der Waals surface area contributed by atoms with Crippen LogP contribution in [0.3, 0.4) is 0 Å². The molecule has 0 saturated carbocycles. The van der Waals surface area contributed by atoms with Crippen molar-refractivity contribution in [2.45, 2.75) is 25.4 Å². The van der Waals surface area contributed by atoms with Crippen molar-refractivity contribution < 1.29 is 13.9 Å². The van der Waals surface area contributed by atoms with Crippen molar-refractivity contribution in [3.63, 3.8) is 0 Å². The molecule has 0 saturated heterocycles. The van der Waals surface area contributed by atoms with Crippen LogP contribution in [0.1, 0.15) is 11.8 Å². The summed E-state index contributed by atoms with van der Waals surface area (Å²) in [4.78, 5) is 0.751. The maximum Gasteiger partial charge on any atom is 0.271 e. The van der Waals surface area contributed by atoms with Gasteiger partial charge in [0.05, 0.1) is 0 Å². The van der Waals surface area contributed by atoms with Crippen molar-refractivity contribution in [1.82, 2.24) is 0 Å². The Kier molecular flexibility index (Phi) is 3.43. The van der Waals surface area contributed by atoms with Crippen molar-refractivity contribution in [3.05, 3.63) is 20.8 Å².